The van der Waals surface area contributed by atoms with Gasteiger partial charge in [0.1, 0.15) is 12.1 Å². The average Bonchev–Trinajstić information content (AvgIpc) is 3.21. The van der Waals surface area contributed by atoms with E-state index in [9.17, 15) is 4.79 Å². The number of thioether (sulfide) groups is 1. The monoisotopic (exact) mass is 381 g/mol. The number of rotatable bonds is 7. The number of urea groups is 1. The lowest BCUT2D eigenvalue weighted by atomic mass is 10.1. The lowest BCUT2D eigenvalue weighted by Crippen LogP contribution is -2.36. The van der Waals surface area contributed by atoms with Gasteiger partial charge in [-0.2, -0.15) is 0 Å². The highest BCUT2D eigenvalue weighted by Gasteiger charge is 2.07. The lowest BCUT2D eigenvalue weighted by Gasteiger charge is -2.11. The van der Waals surface area contributed by atoms with E-state index in [0.29, 0.717) is 13.1 Å². The highest BCUT2D eigenvalue weighted by molar-refractivity contribution is 7.99. The number of pyridine rings is 1. The third kappa shape index (κ3) is 5.34. The van der Waals surface area contributed by atoms with Crippen molar-refractivity contribution in [2.75, 3.05) is 12.3 Å². The van der Waals surface area contributed by atoms with Crippen molar-refractivity contribution in [3.05, 3.63) is 71.9 Å². The number of aromatic nitrogens is 3. The van der Waals surface area contributed by atoms with Crippen molar-refractivity contribution in [3.8, 4) is 5.82 Å². The number of benzene rings is 1. The minimum Gasteiger partial charge on any atom is -0.337 e. The van der Waals surface area contributed by atoms with Gasteiger partial charge in [-0.15, -0.1) is 11.8 Å². The number of amides is 2. The molecule has 1 aromatic carbocycles. The molecule has 140 valence electrons. The van der Waals surface area contributed by atoms with Crippen LogP contribution in [-0.4, -0.2) is 32.9 Å². The molecule has 0 fully saturated rings. The van der Waals surface area contributed by atoms with Crippen molar-refractivity contribution in [1.29, 1.82) is 0 Å². The summed E-state index contributed by atoms with van der Waals surface area (Å²) in [7, 11) is 0. The molecule has 0 saturated heterocycles. The average molecular weight is 382 g/mol. The van der Waals surface area contributed by atoms with Crippen LogP contribution in [0.2, 0.25) is 0 Å². The molecular formula is C20H23N5OS. The Hall–Kier alpha value is -2.80. The number of hydrogen-bond donors (Lipinski definition) is 2. The van der Waals surface area contributed by atoms with Crippen LogP contribution in [0.5, 0.6) is 0 Å². The van der Waals surface area contributed by atoms with Gasteiger partial charge < -0.3 is 10.6 Å². The molecule has 0 radical (unpaired) electrons. The number of imidazole rings is 1. The van der Waals surface area contributed by atoms with Crippen molar-refractivity contribution in [2.45, 2.75) is 25.3 Å². The second-order valence-electron chi connectivity index (χ2n) is 6.16. The molecule has 2 aromatic heterocycles. The molecule has 0 aliphatic heterocycles. The zero-order valence-corrected chi connectivity index (χ0v) is 16.3. The van der Waals surface area contributed by atoms with Gasteiger partial charge in [-0.05, 0) is 43.2 Å². The molecule has 0 unspecified atom stereocenters. The third-order valence-electron chi connectivity index (χ3n) is 4.19. The summed E-state index contributed by atoms with van der Waals surface area (Å²) < 4.78 is 1.83. The van der Waals surface area contributed by atoms with Crippen molar-refractivity contribution >= 4 is 17.8 Å². The zero-order valence-electron chi connectivity index (χ0n) is 15.5. The number of nitrogens with one attached hydrogen (secondary N) is 2. The van der Waals surface area contributed by atoms with Crippen molar-refractivity contribution in [1.82, 2.24) is 25.2 Å². The van der Waals surface area contributed by atoms with E-state index in [2.05, 4.69) is 52.6 Å². The molecule has 2 amide bonds. The van der Waals surface area contributed by atoms with Crippen molar-refractivity contribution in [2.24, 2.45) is 0 Å². The largest absolute Gasteiger partial charge is 0.337 e. The Balaban J connectivity index is 1.43. The lowest BCUT2D eigenvalue weighted by molar-refractivity contribution is 0.241. The van der Waals surface area contributed by atoms with Crippen LogP contribution >= 0.6 is 11.8 Å². The van der Waals surface area contributed by atoms with Gasteiger partial charge in [-0.3, -0.25) is 4.57 Å². The van der Waals surface area contributed by atoms with E-state index in [-0.39, 0.29) is 6.03 Å². The number of aryl methyl sites for hydroxylation is 2. The fourth-order valence-electron chi connectivity index (χ4n) is 2.56. The number of carbonyl (C=O) groups excluding carboxylic acids is 1. The minimum absolute atomic E-state index is 0.184. The number of nitrogens with zero attached hydrogens (tertiary/aromatic N) is 3. The predicted octanol–water partition coefficient (Wildman–Crippen LogP) is 3.48. The van der Waals surface area contributed by atoms with E-state index in [4.69, 9.17) is 0 Å². The molecule has 7 heteroatoms. The van der Waals surface area contributed by atoms with E-state index in [0.717, 1.165) is 17.1 Å². The summed E-state index contributed by atoms with van der Waals surface area (Å²) in [6.07, 6.45) is 6.94. The Morgan fingerprint density at radius 1 is 1.15 bits per heavy atom. The Morgan fingerprint density at radius 3 is 2.81 bits per heavy atom. The molecule has 0 aliphatic rings. The fourth-order valence-corrected chi connectivity index (χ4v) is 3.42. The molecule has 3 rings (SSSR count). The normalized spacial score (nSPS) is 10.6. The van der Waals surface area contributed by atoms with Gasteiger partial charge in [-0.25, -0.2) is 14.8 Å². The smallest absolute Gasteiger partial charge is 0.315 e. The van der Waals surface area contributed by atoms with Crippen LogP contribution in [0.3, 0.4) is 0 Å². The molecular weight excluding hydrogens is 358 g/mol. The summed E-state index contributed by atoms with van der Waals surface area (Å²) in [5.74, 6) is 1.59. The third-order valence-corrected chi connectivity index (χ3v) is 5.19. The van der Waals surface area contributed by atoms with Crippen LogP contribution in [0.4, 0.5) is 4.79 Å². The summed E-state index contributed by atoms with van der Waals surface area (Å²) in [6, 6.07) is 10.0. The molecule has 0 spiro atoms. The van der Waals surface area contributed by atoms with Crippen LogP contribution in [0, 0.1) is 13.8 Å². The topological polar surface area (TPSA) is 71.8 Å². The number of carbonyl (C=O) groups is 1. The molecule has 0 aliphatic carbocycles. The van der Waals surface area contributed by atoms with Gasteiger partial charge >= 0.3 is 6.03 Å². The second-order valence-corrected chi connectivity index (χ2v) is 7.33. The molecule has 0 saturated carbocycles. The summed E-state index contributed by atoms with van der Waals surface area (Å²) >= 11 is 1.74. The maximum absolute atomic E-state index is 12.1. The van der Waals surface area contributed by atoms with Gasteiger partial charge in [-0.1, -0.05) is 12.1 Å². The van der Waals surface area contributed by atoms with Crippen LogP contribution < -0.4 is 10.6 Å². The first-order valence-electron chi connectivity index (χ1n) is 8.77. The van der Waals surface area contributed by atoms with E-state index in [1.54, 1.807) is 30.5 Å². The van der Waals surface area contributed by atoms with E-state index >= 15 is 0 Å². The highest BCUT2D eigenvalue weighted by atomic mass is 32.2. The standard InChI is InChI=1S/C20H23N5OS/c1-15-5-6-18(12-16(15)2)27-11-9-23-20(26)24-13-17-4-3-7-22-19(17)25-10-8-21-14-25/h3-8,10,12,14H,9,11,13H2,1-2H3,(H2,23,24,26). The fraction of sp³-hybridized carbons (Fsp3) is 0.250. The summed E-state index contributed by atoms with van der Waals surface area (Å²) in [4.78, 5) is 21.7. The first kappa shape index (κ1) is 19.0. The van der Waals surface area contributed by atoms with Gasteiger partial charge in [0.15, 0.2) is 0 Å². The van der Waals surface area contributed by atoms with E-state index < -0.39 is 0 Å². The summed E-state index contributed by atoms with van der Waals surface area (Å²) in [5, 5.41) is 5.78. The van der Waals surface area contributed by atoms with Gasteiger partial charge in [0.25, 0.3) is 0 Å². The van der Waals surface area contributed by atoms with E-state index in [1.807, 2.05) is 22.9 Å². The first-order valence-corrected chi connectivity index (χ1v) is 9.76. The summed E-state index contributed by atoms with van der Waals surface area (Å²) in [6.45, 7) is 5.22. The molecule has 2 heterocycles. The maximum Gasteiger partial charge on any atom is 0.315 e. The highest BCUT2D eigenvalue weighted by Crippen LogP contribution is 2.20. The van der Waals surface area contributed by atoms with Crippen LogP contribution in [0.15, 0.2) is 60.1 Å². The SMILES string of the molecule is Cc1ccc(SCCNC(=O)NCc2cccnc2-n2ccnc2)cc1C. The second kappa shape index (κ2) is 9.23. The van der Waals surface area contributed by atoms with Gasteiger partial charge in [0.05, 0.1) is 0 Å². The molecule has 6 nitrogen and oxygen atoms in total. The number of hydrogen-bond acceptors (Lipinski definition) is 4. The Kier molecular flexibility index (Phi) is 6.49. The quantitative estimate of drug-likeness (QED) is 0.486. The molecule has 3 aromatic rings. The molecule has 2 N–H and O–H groups in total. The van der Waals surface area contributed by atoms with Crippen molar-refractivity contribution < 1.29 is 4.79 Å². The zero-order chi connectivity index (χ0) is 19.1. The van der Waals surface area contributed by atoms with Crippen LogP contribution in [0.25, 0.3) is 5.82 Å². The molecule has 0 atom stereocenters. The first-order chi connectivity index (χ1) is 13.1. The van der Waals surface area contributed by atoms with Gasteiger partial charge in [0, 0.05) is 47.9 Å². The molecule has 0 bridgehead atoms. The van der Waals surface area contributed by atoms with Gasteiger partial charge in [0.2, 0.25) is 0 Å². The summed E-state index contributed by atoms with van der Waals surface area (Å²) in [5.41, 5.74) is 3.51. The Bertz CT molecular complexity index is 895. The van der Waals surface area contributed by atoms with Crippen molar-refractivity contribution in [3.63, 3.8) is 0 Å². The predicted molar refractivity (Wildman–Crippen MR) is 108 cm³/mol. The van der Waals surface area contributed by atoms with Crippen LogP contribution in [0.1, 0.15) is 16.7 Å². The Morgan fingerprint density at radius 2 is 2.04 bits per heavy atom. The van der Waals surface area contributed by atoms with Crippen LogP contribution in [-0.2, 0) is 6.54 Å². The van der Waals surface area contributed by atoms with E-state index in [1.165, 1.54) is 16.0 Å². The minimum atomic E-state index is -0.184. The Labute approximate surface area is 163 Å². The molecule has 27 heavy (non-hydrogen) atoms. The maximum atomic E-state index is 12.1.